The number of carbonyl (C=O) groups is 1. The predicted octanol–water partition coefficient (Wildman–Crippen LogP) is 2.87. The van der Waals surface area contributed by atoms with E-state index in [2.05, 4.69) is 4.98 Å². The third-order valence-corrected chi connectivity index (χ3v) is 5.28. The second kappa shape index (κ2) is 7.46. The Bertz CT molecular complexity index is 1080. The Morgan fingerprint density at radius 2 is 1.82 bits per heavy atom. The van der Waals surface area contributed by atoms with E-state index >= 15 is 0 Å². The summed E-state index contributed by atoms with van der Waals surface area (Å²) in [6, 6.07) is 14.2. The van der Waals surface area contributed by atoms with Gasteiger partial charge in [-0.2, -0.15) is 0 Å². The fraction of sp³-hybridized carbons (Fsp3) is 0.273. The van der Waals surface area contributed by atoms with Crippen LogP contribution in [0.5, 0.6) is 0 Å². The Morgan fingerprint density at radius 3 is 2.57 bits per heavy atom. The van der Waals surface area contributed by atoms with Gasteiger partial charge in [-0.25, -0.2) is 4.39 Å². The minimum absolute atomic E-state index is 0.0636. The van der Waals surface area contributed by atoms with E-state index in [4.69, 9.17) is 0 Å². The number of rotatable bonds is 3. The molecule has 0 spiro atoms. The Morgan fingerprint density at radius 1 is 1.07 bits per heavy atom. The van der Waals surface area contributed by atoms with Crippen molar-refractivity contribution in [1.82, 2.24) is 9.88 Å². The standard InChI is InChI=1S/C22H22FN3O2/c1-15-12-17-13-16(6-7-19(17)24-22(15)28)14-21(27)26-10-8-25(9-11-26)20-5-3-2-4-18(20)23/h2-7,12-13H,8-11,14H2,1H3,(H,24,28). The Hall–Kier alpha value is -3.15. The summed E-state index contributed by atoms with van der Waals surface area (Å²) >= 11 is 0. The summed E-state index contributed by atoms with van der Waals surface area (Å²) in [5.74, 6) is -0.166. The van der Waals surface area contributed by atoms with Gasteiger partial charge in [-0.3, -0.25) is 9.59 Å². The van der Waals surface area contributed by atoms with E-state index in [1.54, 1.807) is 19.1 Å². The van der Waals surface area contributed by atoms with Gasteiger partial charge in [-0.05, 0) is 48.2 Å². The van der Waals surface area contributed by atoms with Gasteiger partial charge in [0.1, 0.15) is 5.82 Å². The van der Waals surface area contributed by atoms with Crippen LogP contribution in [-0.4, -0.2) is 42.0 Å². The molecule has 0 aliphatic carbocycles. The van der Waals surface area contributed by atoms with Crippen molar-refractivity contribution >= 4 is 22.5 Å². The fourth-order valence-electron chi connectivity index (χ4n) is 3.67. The number of nitrogens with zero attached hydrogens (tertiary/aromatic N) is 2. The number of anilines is 1. The van der Waals surface area contributed by atoms with Crippen molar-refractivity contribution in [2.75, 3.05) is 31.1 Å². The minimum Gasteiger partial charge on any atom is -0.366 e. The number of carbonyl (C=O) groups excluding carboxylic acids is 1. The number of nitrogens with one attached hydrogen (secondary N) is 1. The zero-order valence-electron chi connectivity index (χ0n) is 15.7. The van der Waals surface area contributed by atoms with Crippen LogP contribution in [0.2, 0.25) is 0 Å². The molecule has 1 fully saturated rings. The molecule has 1 amide bonds. The minimum atomic E-state index is -0.230. The first-order valence-electron chi connectivity index (χ1n) is 9.41. The number of pyridine rings is 1. The van der Waals surface area contributed by atoms with E-state index in [0.717, 1.165) is 16.5 Å². The predicted molar refractivity (Wildman–Crippen MR) is 108 cm³/mol. The largest absolute Gasteiger partial charge is 0.366 e. The lowest BCUT2D eigenvalue weighted by Gasteiger charge is -2.36. The molecule has 6 heteroatoms. The zero-order valence-corrected chi connectivity index (χ0v) is 15.7. The Balaban J connectivity index is 1.42. The molecule has 1 aromatic heterocycles. The van der Waals surface area contributed by atoms with Crippen molar-refractivity contribution in [2.24, 2.45) is 0 Å². The highest BCUT2D eigenvalue weighted by Crippen LogP contribution is 2.21. The average molecular weight is 379 g/mol. The Labute approximate surface area is 162 Å². The van der Waals surface area contributed by atoms with E-state index in [9.17, 15) is 14.0 Å². The highest BCUT2D eigenvalue weighted by molar-refractivity contribution is 5.83. The molecule has 5 nitrogen and oxygen atoms in total. The van der Waals surface area contributed by atoms with Gasteiger partial charge in [-0.1, -0.05) is 18.2 Å². The van der Waals surface area contributed by atoms with E-state index in [0.29, 0.717) is 43.9 Å². The number of amides is 1. The molecule has 0 unspecified atom stereocenters. The van der Waals surface area contributed by atoms with Gasteiger partial charge in [0, 0.05) is 37.3 Å². The number of piperazine rings is 1. The Kier molecular flexibility index (Phi) is 4.86. The monoisotopic (exact) mass is 379 g/mol. The normalized spacial score (nSPS) is 14.5. The number of fused-ring (bicyclic) bond motifs is 1. The van der Waals surface area contributed by atoms with Gasteiger partial charge < -0.3 is 14.8 Å². The van der Waals surface area contributed by atoms with Crippen molar-refractivity contribution in [3.8, 4) is 0 Å². The third kappa shape index (κ3) is 3.63. The van der Waals surface area contributed by atoms with Crippen molar-refractivity contribution in [2.45, 2.75) is 13.3 Å². The molecular weight excluding hydrogens is 357 g/mol. The zero-order chi connectivity index (χ0) is 19.7. The van der Waals surface area contributed by atoms with Gasteiger partial charge in [0.15, 0.2) is 0 Å². The number of benzene rings is 2. The molecule has 144 valence electrons. The lowest BCUT2D eigenvalue weighted by molar-refractivity contribution is -0.130. The number of halogens is 1. The van der Waals surface area contributed by atoms with Gasteiger partial charge >= 0.3 is 0 Å². The van der Waals surface area contributed by atoms with Crippen LogP contribution in [-0.2, 0) is 11.2 Å². The quantitative estimate of drug-likeness (QED) is 0.761. The summed E-state index contributed by atoms with van der Waals surface area (Å²) in [5.41, 5.74) is 2.84. The van der Waals surface area contributed by atoms with E-state index in [1.165, 1.54) is 6.07 Å². The summed E-state index contributed by atoms with van der Waals surface area (Å²) < 4.78 is 14.0. The van der Waals surface area contributed by atoms with Gasteiger partial charge in [0.05, 0.1) is 12.1 Å². The molecule has 1 saturated heterocycles. The number of aromatic nitrogens is 1. The maximum Gasteiger partial charge on any atom is 0.251 e. The number of hydrogen-bond acceptors (Lipinski definition) is 3. The second-order valence-corrected chi connectivity index (χ2v) is 7.20. The summed E-state index contributed by atoms with van der Waals surface area (Å²) in [7, 11) is 0. The number of aryl methyl sites for hydroxylation is 1. The molecule has 2 heterocycles. The number of aromatic amines is 1. The van der Waals surface area contributed by atoms with Crippen molar-refractivity contribution in [1.29, 1.82) is 0 Å². The number of para-hydroxylation sites is 1. The smallest absolute Gasteiger partial charge is 0.251 e. The lowest BCUT2D eigenvalue weighted by Crippen LogP contribution is -2.49. The molecule has 1 aliphatic rings. The molecule has 0 bridgehead atoms. The first-order valence-corrected chi connectivity index (χ1v) is 9.41. The van der Waals surface area contributed by atoms with Gasteiger partial charge in [-0.15, -0.1) is 0 Å². The molecule has 0 saturated carbocycles. The van der Waals surface area contributed by atoms with Gasteiger partial charge in [0.2, 0.25) is 5.91 Å². The lowest BCUT2D eigenvalue weighted by atomic mass is 10.1. The molecule has 4 rings (SSSR count). The van der Waals surface area contributed by atoms with Crippen LogP contribution in [0.3, 0.4) is 0 Å². The van der Waals surface area contributed by atoms with Crippen molar-refractivity contribution in [3.05, 3.63) is 75.8 Å². The average Bonchev–Trinajstić information content (AvgIpc) is 2.69. The summed E-state index contributed by atoms with van der Waals surface area (Å²) in [6.45, 7) is 4.15. The molecular formula is C22H22FN3O2. The summed E-state index contributed by atoms with van der Waals surface area (Å²) in [4.78, 5) is 31.1. The molecule has 0 atom stereocenters. The molecule has 1 N–H and O–H groups in total. The molecule has 0 radical (unpaired) electrons. The summed E-state index contributed by atoms with van der Waals surface area (Å²) in [5, 5.41) is 0.923. The van der Waals surface area contributed by atoms with Crippen LogP contribution in [0.4, 0.5) is 10.1 Å². The summed E-state index contributed by atoms with van der Waals surface area (Å²) in [6.07, 6.45) is 0.313. The highest BCUT2D eigenvalue weighted by Gasteiger charge is 2.22. The SMILES string of the molecule is Cc1cc2cc(CC(=O)N3CCN(c4ccccc4F)CC3)ccc2[nH]c1=O. The van der Waals surface area contributed by atoms with Crippen molar-refractivity contribution in [3.63, 3.8) is 0 Å². The van der Waals surface area contributed by atoms with E-state index in [1.807, 2.05) is 40.1 Å². The van der Waals surface area contributed by atoms with E-state index in [-0.39, 0.29) is 17.3 Å². The molecule has 1 aliphatic heterocycles. The molecule has 2 aromatic carbocycles. The topological polar surface area (TPSA) is 56.4 Å². The van der Waals surface area contributed by atoms with Crippen LogP contribution in [0.15, 0.2) is 53.3 Å². The van der Waals surface area contributed by atoms with Crippen LogP contribution >= 0.6 is 0 Å². The van der Waals surface area contributed by atoms with Crippen LogP contribution in [0, 0.1) is 12.7 Å². The number of H-pyrrole nitrogens is 1. The third-order valence-electron chi connectivity index (χ3n) is 5.28. The first-order chi connectivity index (χ1) is 13.5. The van der Waals surface area contributed by atoms with Crippen molar-refractivity contribution < 1.29 is 9.18 Å². The van der Waals surface area contributed by atoms with Gasteiger partial charge in [0.25, 0.3) is 5.56 Å². The maximum atomic E-state index is 14.0. The van der Waals surface area contributed by atoms with Crippen LogP contribution < -0.4 is 10.5 Å². The maximum absolute atomic E-state index is 14.0. The van der Waals surface area contributed by atoms with Crippen LogP contribution in [0.25, 0.3) is 10.9 Å². The second-order valence-electron chi connectivity index (χ2n) is 7.20. The fourth-order valence-corrected chi connectivity index (χ4v) is 3.67. The van der Waals surface area contributed by atoms with Crippen LogP contribution in [0.1, 0.15) is 11.1 Å². The first kappa shape index (κ1) is 18.2. The number of hydrogen-bond donors (Lipinski definition) is 1. The highest BCUT2D eigenvalue weighted by atomic mass is 19.1. The molecule has 28 heavy (non-hydrogen) atoms. The molecule has 3 aromatic rings. The van der Waals surface area contributed by atoms with E-state index < -0.39 is 0 Å².